The summed E-state index contributed by atoms with van der Waals surface area (Å²) >= 11 is 8.79. The van der Waals surface area contributed by atoms with Gasteiger partial charge in [0, 0.05) is 13.1 Å². The van der Waals surface area contributed by atoms with Gasteiger partial charge in [0.25, 0.3) is 0 Å². The van der Waals surface area contributed by atoms with Gasteiger partial charge in [-0.2, -0.15) is 10.5 Å². The topological polar surface area (TPSA) is 50.8 Å². The van der Waals surface area contributed by atoms with E-state index in [-0.39, 0.29) is 0 Å². The van der Waals surface area contributed by atoms with Gasteiger partial charge in [-0.05, 0) is 0 Å². The summed E-state index contributed by atoms with van der Waals surface area (Å²) in [6.45, 7) is 1.11. The SMILES string of the molecule is N#CCCN(CCC#N)C(=S)S. The van der Waals surface area contributed by atoms with E-state index in [4.69, 9.17) is 22.7 Å². The van der Waals surface area contributed by atoms with Crippen molar-refractivity contribution in [3.05, 3.63) is 0 Å². The van der Waals surface area contributed by atoms with E-state index in [1.54, 1.807) is 4.90 Å². The van der Waals surface area contributed by atoms with Gasteiger partial charge in [-0.15, -0.1) is 12.6 Å². The normalized spacial score (nSPS) is 8.25. The highest BCUT2D eigenvalue weighted by Gasteiger charge is 2.03. The summed E-state index contributed by atoms with van der Waals surface area (Å²) in [7, 11) is 0. The van der Waals surface area contributed by atoms with Crippen LogP contribution < -0.4 is 0 Å². The van der Waals surface area contributed by atoms with Crippen molar-refractivity contribution < 1.29 is 0 Å². The number of hydrogen-bond donors (Lipinski definition) is 1. The quantitative estimate of drug-likeness (QED) is 0.548. The monoisotopic (exact) mass is 199 g/mol. The Labute approximate surface area is 83.0 Å². The molecule has 0 radical (unpaired) electrons. The zero-order valence-electron chi connectivity index (χ0n) is 6.53. The Morgan fingerprint density at radius 3 is 1.92 bits per heavy atom. The summed E-state index contributed by atoms with van der Waals surface area (Å²) in [4.78, 5) is 1.74. The highest BCUT2D eigenvalue weighted by Crippen LogP contribution is 1.99. The largest absolute Gasteiger partial charge is 0.356 e. The highest BCUT2D eigenvalue weighted by atomic mass is 32.1. The maximum atomic E-state index is 8.31. The summed E-state index contributed by atoms with van der Waals surface area (Å²) in [5.74, 6) is 0. The third-order valence-electron chi connectivity index (χ3n) is 1.26. The lowest BCUT2D eigenvalue weighted by molar-refractivity contribution is 0.452. The van der Waals surface area contributed by atoms with Gasteiger partial charge in [0.15, 0.2) is 0 Å². The van der Waals surface area contributed by atoms with Gasteiger partial charge in [-0.25, -0.2) is 0 Å². The third kappa shape index (κ3) is 4.95. The van der Waals surface area contributed by atoms with Crippen LogP contribution in [0.1, 0.15) is 12.8 Å². The van der Waals surface area contributed by atoms with Crippen LogP contribution in [0.4, 0.5) is 0 Å². The second-order valence-corrected chi connectivity index (χ2v) is 3.20. The summed E-state index contributed by atoms with van der Waals surface area (Å²) < 4.78 is 0.445. The van der Waals surface area contributed by atoms with Gasteiger partial charge in [0.2, 0.25) is 0 Å². The molecule has 0 unspecified atom stereocenters. The second kappa shape index (κ2) is 6.90. The Morgan fingerprint density at radius 2 is 1.67 bits per heavy atom. The Balaban J connectivity index is 3.82. The van der Waals surface area contributed by atoms with Gasteiger partial charge in [0.05, 0.1) is 25.0 Å². The summed E-state index contributed by atoms with van der Waals surface area (Å²) in [5, 5.41) is 16.6. The molecule has 0 fully saturated rings. The fraction of sp³-hybridized carbons (Fsp3) is 0.571. The molecule has 0 N–H and O–H groups in total. The van der Waals surface area contributed by atoms with Gasteiger partial charge in [-0.1, -0.05) is 12.2 Å². The molecule has 0 bridgehead atoms. The molecular formula is C7H9N3S2. The van der Waals surface area contributed by atoms with Gasteiger partial charge < -0.3 is 4.90 Å². The maximum absolute atomic E-state index is 8.31. The molecule has 12 heavy (non-hydrogen) atoms. The number of rotatable bonds is 4. The molecule has 0 aliphatic carbocycles. The van der Waals surface area contributed by atoms with Crippen LogP contribution in [0, 0.1) is 22.7 Å². The van der Waals surface area contributed by atoms with E-state index in [1.165, 1.54) is 0 Å². The van der Waals surface area contributed by atoms with E-state index in [2.05, 4.69) is 12.6 Å². The van der Waals surface area contributed by atoms with Crippen LogP contribution in [0.5, 0.6) is 0 Å². The molecule has 5 heteroatoms. The zero-order chi connectivity index (χ0) is 9.40. The zero-order valence-corrected chi connectivity index (χ0v) is 8.24. The molecule has 0 atom stereocenters. The predicted molar refractivity (Wildman–Crippen MR) is 53.6 cm³/mol. The molecule has 0 heterocycles. The predicted octanol–water partition coefficient (Wildman–Crippen LogP) is 1.33. The van der Waals surface area contributed by atoms with Crippen LogP contribution in [0.25, 0.3) is 0 Å². The van der Waals surface area contributed by atoms with Gasteiger partial charge in [-0.3, -0.25) is 0 Å². The Kier molecular flexibility index (Phi) is 6.45. The minimum absolute atomic E-state index is 0.409. The van der Waals surface area contributed by atoms with Crippen molar-refractivity contribution in [1.82, 2.24) is 4.90 Å². The van der Waals surface area contributed by atoms with E-state index >= 15 is 0 Å². The molecular weight excluding hydrogens is 190 g/mol. The van der Waals surface area contributed by atoms with Gasteiger partial charge in [0.1, 0.15) is 4.32 Å². The minimum atomic E-state index is 0.409. The third-order valence-corrected chi connectivity index (χ3v) is 1.80. The van der Waals surface area contributed by atoms with Crippen LogP contribution in [0.15, 0.2) is 0 Å². The fourth-order valence-corrected chi connectivity index (χ4v) is 1.06. The molecule has 0 aliphatic heterocycles. The minimum Gasteiger partial charge on any atom is -0.356 e. The molecule has 3 nitrogen and oxygen atoms in total. The van der Waals surface area contributed by atoms with E-state index in [1.807, 2.05) is 12.1 Å². The standard InChI is InChI=1S/C7H9N3S2/c8-3-1-5-10(7(11)12)6-2-4-9/h1-2,5-6H2,(H,11,12). The van der Waals surface area contributed by atoms with Gasteiger partial charge >= 0.3 is 0 Å². The Hall–Kier alpha value is -0.780. The second-order valence-electron chi connectivity index (χ2n) is 2.09. The highest BCUT2D eigenvalue weighted by molar-refractivity contribution is 8.10. The number of thiol groups is 1. The molecule has 0 aromatic carbocycles. The molecule has 64 valence electrons. The first-order chi connectivity index (χ1) is 5.72. The first-order valence-electron chi connectivity index (χ1n) is 3.44. The van der Waals surface area contributed by atoms with Crippen molar-refractivity contribution in [2.75, 3.05) is 13.1 Å². The molecule has 0 rings (SSSR count). The van der Waals surface area contributed by atoms with Crippen molar-refractivity contribution in [3.8, 4) is 12.1 Å². The van der Waals surface area contributed by atoms with E-state index in [0.29, 0.717) is 30.3 Å². The van der Waals surface area contributed by atoms with E-state index in [9.17, 15) is 0 Å². The molecule has 0 amide bonds. The van der Waals surface area contributed by atoms with Crippen molar-refractivity contribution in [3.63, 3.8) is 0 Å². The first kappa shape index (κ1) is 11.2. The lowest BCUT2D eigenvalue weighted by Gasteiger charge is -2.19. The Morgan fingerprint density at radius 1 is 1.25 bits per heavy atom. The smallest absolute Gasteiger partial charge is 0.133 e. The first-order valence-corrected chi connectivity index (χ1v) is 4.29. The number of nitrogens with zero attached hydrogens (tertiary/aromatic N) is 3. The van der Waals surface area contributed by atoms with Crippen molar-refractivity contribution in [1.29, 1.82) is 10.5 Å². The van der Waals surface area contributed by atoms with Crippen LogP contribution in [-0.4, -0.2) is 22.3 Å². The van der Waals surface area contributed by atoms with Crippen LogP contribution in [-0.2, 0) is 0 Å². The number of hydrogen-bond acceptors (Lipinski definition) is 3. The lowest BCUT2D eigenvalue weighted by atomic mass is 10.4. The van der Waals surface area contributed by atoms with Crippen LogP contribution in [0.2, 0.25) is 0 Å². The Bertz CT molecular complexity index is 208. The maximum Gasteiger partial charge on any atom is 0.133 e. The van der Waals surface area contributed by atoms with E-state index in [0.717, 1.165) is 0 Å². The molecule has 0 saturated carbocycles. The fourth-order valence-electron chi connectivity index (χ4n) is 0.673. The van der Waals surface area contributed by atoms with Crippen molar-refractivity contribution in [2.24, 2.45) is 0 Å². The molecule has 0 aliphatic rings. The van der Waals surface area contributed by atoms with Crippen molar-refractivity contribution >= 4 is 29.2 Å². The average molecular weight is 199 g/mol. The number of nitriles is 2. The van der Waals surface area contributed by atoms with E-state index < -0.39 is 0 Å². The van der Waals surface area contributed by atoms with Crippen molar-refractivity contribution in [2.45, 2.75) is 12.8 Å². The molecule has 0 aromatic rings. The molecule has 0 aromatic heterocycles. The average Bonchev–Trinajstić information content (AvgIpc) is 2.04. The summed E-state index contributed by atoms with van der Waals surface area (Å²) in [6, 6.07) is 4.02. The van der Waals surface area contributed by atoms with Crippen LogP contribution in [0.3, 0.4) is 0 Å². The van der Waals surface area contributed by atoms with Crippen LogP contribution >= 0.6 is 24.8 Å². The summed E-state index contributed by atoms with van der Waals surface area (Å²) in [5.41, 5.74) is 0. The molecule has 0 saturated heterocycles. The molecule has 0 spiro atoms. The lowest BCUT2D eigenvalue weighted by Crippen LogP contribution is -2.27. The summed E-state index contributed by atoms with van der Waals surface area (Å²) in [6.07, 6.45) is 0.818. The number of thiocarbonyl (C=S) groups is 1.